The highest BCUT2D eigenvalue weighted by atomic mass is 35.5. The molecule has 9 heteroatoms. The maximum Gasteiger partial charge on any atom is 0.254 e. The fourth-order valence-corrected chi connectivity index (χ4v) is 4.93. The monoisotopic (exact) mass is 470 g/mol. The molecule has 1 N–H and O–H groups in total. The van der Waals surface area contributed by atoms with Crippen LogP contribution >= 0.6 is 23.2 Å². The zero-order chi connectivity index (χ0) is 21.9. The number of sulfonamides is 1. The second kappa shape index (κ2) is 9.66. The molecule has 1 saturated heterocycles. The van der Waals surface area contributed by atoms with Crippen molar-refractivity contribution in [3.05, 3.63) is 63.6 Å². The molecule has 30 heavy (non-hydrogen) atoms. The predicted molar refractivity (Wildman–Crippen MR) is 118 cm³/mol. The molecule has 0 saturated carbocycles. The van der Waals surface area contributed by atoms with Crippen molar-refractivity contribution in [3.63, 3.8) is 0 Å². The fourth-order valence-electron chi connectivity index (χ4n) is 3.30. The summed E-state index contributed by atoms with van der Waals surface area (Å²) in [7, 11) is -1.99. The van der Waals surface area contributed by atoms with Gasteiger partial charge in [-0.3, -0.25) is 4.79 Å². The smallest absolute Gasteiger partial charge is 0.254 e. The van der Waals surface area contributed by atoms with E-state index in [1.807, 2.05) is 6.92 Å². The molecule has 2 atom stereocenters. The van der Waals surface area contributed by atoms with Gasteiger partial charge in [0.05, 0.1) is 17.0 Å². The predicted octanol–water partition coefficient (Wildman–Crippen LogP) is 4.28. The molecule has 1 fully saturated rings. The number of nitrogens with one attached hydrogen (secondary N) is 1. The zero-order valence-electron chi connectivity index (χ0n) is 16.8. The van der Waals surface area contributed by atoms with Crippen LogP contribution in [0.1, 0.15) is 41.7 Å². The van der Waals surface area contributed by atoms with E-state index in [1.54, 1.807) is 30.1 Å². The van der Waals surface area contributed by atoms with E-state index in [0.717, 1.165) is 18.4 Å². The first kappa shape index (κ1) is 23.0. The summed E-state index contributed by atoms with van der Waals surface area (Å²) in [5.41, 5.74) is 1.15. The van der Waals surface area contributed by atoms with Crippen LogP contribution < -0.4 is 4.72 Å². The third-order valence-corrected chi connectivity index (χ3v) is 7.25. The number of nitrogens with zero attached hydrogens (tertiary/aromatic N) is 1. The molecule has 0 spiro atoms. The van der Waals surface area contributed by atoms with Crippen molar-refractivity contribution in [1.82, 2.24) is 9.62 Å². The lowest BCUT2D eigenvalue weighted by atomic mass is 10.1. The van der Waals surface area contributed by atoms with Gasteiger partial charge in [-0.25, -0.2) is 13.1 Å². The average molecular weight is 471 g/mol. The average Bonchev–Trinajstić information content (AvgIpc) is 3.25. The van der Waals surface area contributed by atoms with Crippen LogP contribution in [0.3, 0.4) is 0 Å². The Balaban J connectivity index is 1.69. The Kier molecular flexibility index (Phi) is 7.42. The molecule has 0 aliphatic carbocycles. The topological polar surface area (TPSA) is 75.7 Å². The Hall–Kier alpha value is -1.64. The number of halogens is 2. The van der Waals surface area contributed by atoms with Gasteiger partial charge < -0.3 is 9.64 Å². The summed E-state index contributed by atoms with van der Waals surface area (Å²) >= 11 is 12.2. The number of carbonyl (C=O) groups excluding carboxylic acids is 1. The normalized spacial score (nSPS) is 17.7. The molecule has 2 aromatic carbocycles. The largest absolute Gasteiger partial charge is 0.377 e. The molecule has 1 amide bonds. The Bertz CT molecular complexity index is 1010. The van der Waals surface area contributed by atoms with Crippen LogP contribution in [-0.2, 0) is 14.8 Å². The van der Waals surface area contributed by atoms with Crippen molar-refractivity contribution in [2.75, 3.05) is 20.2 Å². The fraction of sp³-hybridized carbons (Fsp3) is 0.381. The number of carbonyl (C=O) groups is 1. The second-order valence-electron chi connectivity index (χ2n) is 7.27. The minimum absolute atomic E-state index is 0.0875. The SMILES string of the molecule is CC(c1ccc(Cl)cc1Cl)N(C)C(=O)c1ccc(S(=O)(=O)NCC2CCCO2)cc1. The first-order chi connectivity index (χ1) is 14.2. The van der Waals surface area contributed by atoms with E-state index in [0.29, 0.717) is 22.2 Å². The number of hydrogen-bond acceptors (Lipinski definition) is 4. The molecular formula is C21H24Cl2N2O4S. The third-order valence-electron chi connectivity index (χ3n) is 5.25. The Morgan fingerprint density at radius 2 is 1.93 bits per heavy atom. The van der Waals surface area contributed by atoms with Crippen LogP contribution in [0.2, 0.25) is 10.0 Å². The minimum Gasteiger partial charge on any atom is -0.377 e. The number of rotatable bonds is 7. The van der Waals surface area contributed by atoms with Crippen molar-refractivity contribution in [2.24, 2.45) is 0 Å². The van der Waals surface area contributed by atoms with E-state index in [4.69, 9.17) is 27.9 Å². The highest BCUT2D eigenvalue weighted by Gasteiger charge is 2.23. The van der Waals surface area contributed by atoms with Gasteiger partial charge in [0.15, 0.2) is 0 Å². The third kappa shape index (κ3) is 5.34. The lowest BCUT2D eigenvalue weighted by molar-refractivity contribution is 0.0742. The van der Waals surface area contributed by atoms with Gasteiger partial charge in [-0.1, -0.05) is 29.3 Å². The summed E-state index contributed by atoms with van der Waals surface area (Å²) in [5, 5.41) is 1.00. The summed E-state index contributed by atoms with van der Waals surface area (Å²) in [5.74, 6) is -0.246. The molecule has 2 unspecified atom stereocenters. The Morgan fingerprint density at radius 3 is 2.53 bits per heavy atom. The Morgan fingerprint density at radius 1 is 1.23 bits per heavy atom. The van der Waals surface area contributed by atoms with Gasteiger partial charge in [0.25, 0.3) is 5.91 Å². The van der Waals surface area contributed by atoms with Crippen LogP contribution in [0.5, 0.6) is 0 Å². The van der Waals surface area contributed by atoms with Gasteiger partial charge in [0.1, 0.15) is 0 Å². The van der Waals surface area contributed by atoms with Crippen LogP contribution in [0.25, 0.3) is 0 Å². The first-order valence-electron chi connectivity index (χ1n) is 9.62. The van der Waals surface area contributed by atoms with E-state index < -0.39 is 10.0 Å². The number of amides is 1. The lowest BCUT2D eigenvalue weighted by Crippen LogP contribution is -2.32. The maximum atomic E-state index is 12.9. The van der Waals surface area contributed by atoms with Crippen molar-refractivity contribution in [2.45, 2.75) is 36.8 Å². The molecule has 0 bridgehead atoms. The van der Waals surface area contributed by atoms with Gasteiger partial charge in [0.2, 0.25) is 10.0 Å². The van der Waals surface area contributed by atoms with Gasteiger partial charge in [-0.2, -0.15) is 0 Å². The molecule has 6 nitrogen and oxygen atoms in total. The van der Waals surface area contributed by atoms with E-state index >= 15 is 0 Å². The summed E-state index contributed by atoms with van der Waals surface area (Å²) < 4.78 is 33.0. The highest BCUT2D eigenvalue weighted by Crippen LogP contribution is 2.30. The molecule has 0 aromatic heterocycles. The van der Waals surface area contributed by atoms with Crippen molar-refractivity contribution >= 4 is 39.1 Å². The lowest BCUT2D eigenvalue weighted by Gasteiger charge is -2.26. The standard InChI is InChI=1S/C21H24Cl2N2O4S/c1-14(19-10-7-16(22)12-20(19)23)25(2)21(26)15-5-8-18(9-6-15)30(27,28)24-13-17-4-3-11-29-17/h5-10,12,14,17,24H,3-4,11,13H2,1-2H3. The van der Waals surface area contributed by atoms with Gasteiger partial charge in [-0.05, 0) is 61.7 Å². The van der Waals surface area contributed by atoms with Crippen molar-refractivity contribution in [3.8, 4) is 0 Å². The Labute approximate surface area is 187 Å². The maximum absolute atomic E-state index is 12.9. The van der Waals surface area contributed by atoms with Gasteiger partial charge in [-0.15, -0.1) is 0 Å². The molecule has 1 aliphatic heterocycles. The summed E-state index contributed by atoms with van der Waals surface area (Å²) in [4.78, 5) is 14.5. The highest BCUT2D eigenvalue weighted by molar-refractivity contribution is 7.89. The van der Waals surface area contributed by atoms with E-state index in [2.05, 4.69) is 4.72 Å². The molecule has 1 heterocycles. The van der Waals surface area contributed by atoms with Crippen LogP contribution in [0, 0.1) is 0 Å². The van der Waals surface area contributed by atoms with Crippen molar-refractivity contribution in [1.29, 1.82) is 0 Å². The number of hydrogen-bond donors (Lipinski definition) is 1. The quantitative estimate of drug-likeness (QED) is 0.654. The number of ether oxygens (including phenoxy) is 1. The van der Waals surface area contributed by atoms with Gasteiger partial charge in [0, 0.05) is 35.8 Å². The van der Waals surface area contributed by atoms with Crippen LogP contribution in [0.15, 0.2) is 47.4 Å². The summed E-state index contributed by atoms with van der Waals surface area (Å²) in [6.07, 6.45) is 1.70. The van der Waals surface area contributed by atoms with E-state index in [9.17, 15) is 13.2 Å². The van der Waals surface area contributed by atoms with E-state index in [1.165, 1.54) is 24.3 Å². The summed E-state index contributed by atoms with van der Waals surface area (Å²) in [6, 6.07) is 10.7. The molecule has 1 aliphatic rings. The molecule has 162 valence electrons. The molecule has 2 aromatic rings. The number of benzene rings is 2. The molecule has 3 rings (SSSR count). The zero-order valence-corrected chi connectivity index (χ0v) is 19.1. The first-order valence-corrected chi connectivity index (χ1v) is 11.9. The van der Waals surface area contributed by atoms with Crippen LogP contribution in [0.4, 0.5) is 0 Å². The van der Waals surface area contributed by atoms with E-state index in [-0.39, 0.29) is 29.5 Å². The second-order valence-corrected chi connectivity index (χ2v) is 9.88. The molecule has 0 radical (unpaired) electrons. The molecular weight excluding hydrogens is 447 g/mol. The summed E-state index contributed by atoms with van der Waals surface area (Å²) in [6.45, 7) is 2.77. The van der Waals surface area contributed by atoms with Gasteiger partial charge >= 0.3 is 0 Å². The van der Waals surface area contributed by atoms with Crippen LogP contribution in [-0.4, -0.2) is 45.5 Å². The minimum atomic E-state index is -3.66. The van der Waals surface area contributed by atoms with Crippen molar-refractivity contribution < 1.29 is 17.9 Å².